The van der Waals surface area contributed by atoms with Gasteiger partial charge in [0.25, 0.3) is 0 Å². The van der Waals surface area contributed by atoms with Crippen LogP contribution in [0.4, 0.5) is 5.69 Å². The number of aromatic nitrogens is 1. The largest absolute Gasteiger partial charge is 0.744 e. The highest BCUT2D eigenvalue weighted by molar-refractivity contribution is 7.85. The molecule has 8 heteroatoms. The van der Waals surface area contributed by atoms with Gasteiger partial charge in [-0.1, -0.05) is 48.0 Å². The highest BCUT2D eigenvalue weighted by Crippen LogP contribution is 2.25. The zero-order chi connectivity index (χ0) is 28.7. The van der Waals surface area contributed by atoms with Gasteiger partial charge < -0.3 is 13.9 Å². The van der Waals surface area contributed by atoms with Crippen molar-refractivity contribution in [3.8, 4) is 11.1 Å². The topological polar surface area (TPSA) is 94.5 Å². The van der Waals surface area contributed by atoms with Crippen LogP contribution in [-0.2, 0) is 16.7 Å². The highest BCUT2D eigenvalue weighted by atomic mass is 32.2. The molecule has 0 aliphatic rings. The molecular formula is C32H32N2O5S. The van der Waals surface area contributed by atoms with Gasteiger partial charge in [-0.25, -0.2) is 17.8 Å². The van der Waals surface area contributed by atoms with E-state index < -0.39 is 10.1 Å². The lowest BCUT2D eigenvalue weighted by Crippen LogP contribution is -2.33. The van der Waals surface area contributed by atoms with Crippen LogP contribution in [0.5, 0.6) is 0 Å². The third-order valence-electron chi connectivity index (χ3n) is 6.57. The monoisotopic (exact) mass is 556 g/mol. The lowest BCUT2D eigenvalue weighted by atomic mass is 10.1. The van der Waals surface area contributed by atoms with Crippen LogP contribution in [0.3, 0.4) is 0 Å². The summed E-state index contributed by atoms with van der Waals surface area (Å²) < 4.78 is 38.9. The van der Waals surface area contributed by atoms with Crippen molar-refractivity contribution in [1.29, 1.82) is 0 Å². The fraction of sp³-hybridized carbons (Fsp3) is 0.188. The lowest BCUT2D eigenvalue weighted by molar-refractivity contribution is -0.688. The molecule has 0 fully saturated rings. The molecule has 0 bridgehead atoms. The van der Waals surface area contributed by atoms with E-state index in [-0.39, 0.29) is 10.5 Å². The van der Waals surface area contributed by atoms with E-state index in [2.05, 4.69) is 41.5 Å². The first kappa shape index (κ1) is 28.7. The summed E-state index contributed by atoms with van der Waals surface area (Å²) in [6.45, 7) is 8.68. The van der Waals surface area contributed by atoms with Crippen molar-refractivity contribution in [3.05, 3.63) is 125 Å². The van der Waals surface area contributed by atoms with Gasteiger partial charge in [0.1, 0.15) is 15.7 Å². The van der Waals surface area contributed by atoms with Gasteiger partial charge in [-0.05, 0) is 51.1 Å². The summed E-state index contributed by atoms with van der Waals surface area (Å²) in [7, 11) is -4.27. The smallest absolute Gasteiger partial charge is 0.344 e. The van der Waals surface area contributed by atoms with Crippen molar-refractivity contribution in [3.63, 3.8) is 0 Å². The Morgan fingerprint density at radius 3 is 2.10 bits per heavy atom. The number of benzene rings is 3. The van der Waals surface area contributed by atoms with Crippen molar-refractivity contribution in [2.75, 3.05) is 18.0 Å². The van der Waals surface area contributed by atoms with E-state index in [1.54, 1.807) is 12.1 Å². The number of pyridine rings is 1. The summed E-state index contributed by atoms with van der Waals surface area (Å²) in [5.74, 6) is 0. The summed E-state index contributed by atoms with van der Waals surface area (Å²) in [5.41, 5.74) is 4.99. The predicted molar refractivity (Wildman–Crippen MR) is 156 cm³/mol. The molecule has 5 rings (SSSR count). The summed E-state index contributed by atoms with van der Waals surface area (Å²) >= 11 is 0. The second-order valence-electron chi connectivity index (χ2n) is 9.35. The van der Waals surface area contributed by atoms with Crippen LogP contribution in [0.1, 0.15) is 25.0 Å². The first-order chi connectivity index (χ1) is 19.2. The van der Waals surface area contributed by atoms with Crippen molar-refractivity contribution < 1.29 is 22.0 Å². The van der Waals surface area contributed by atoms with Gasteiger partial charge in [-0.2, -0.15) is 0 Å². The molecule has 3 aromatic carbocycles. The minimum Gasteiger partial charge on any atom is -0.744 e. The van der Waals surface area contributed by atoms with Crippen LogP contribution in [0.15, 0.2) is 117 Å². The molecule has 0 N–H and O–H groups in total. The van der Waals surface area contributed by atoms with Gasteiger partial charge in [0.15, 0.2) is 18.9 Å². The van der Waals surface area contributed by atoms with E-state index in [0.717, 1.165) is 41.8 Å². The van der Waals surface area contributed by atoms with Crippen molar-refractivity contribution in [2.24, 2.45) is 0 Å². The summed E-state index contributed by atoms with van der Waals surface area (Å²) in [5, 5.41) is 0.927. The molecule has 40 heavy (non-hydrogen) atoms. The summed E-state index contributed by atoms with van der Waals surface area (Å²) in [6.07, 6.45) is 3.99. The molecule has 0 atom stereocenters. The van der Waals surface area contributed by atoms with Crippen molar-refractivity contribution >= 4 is 26.8 Å². The van der Waals surface area contributed by atoms with Gasteiger partial charge in [0, 0.05) is 53.5 Å². The molecule has 0 aliphatic heterocycles. The summed E-state index contributed by atoms with van der Waals surface area (Å²) in [4.78, 5) is 14.7. The predicted octanol–water partition coefficient (Wildman–Crippen LogP) is 5.54. The van der Waals surface area contributed by atoms with Crippen LogP contribution in [-0.4, -0.2) is 26.1 Å². The van der Waals surface area contributed by atoms with E-state index in [1.807, 2.05) is 67.8 Å². The Labute approximate surface area is 234 Å². The average molecular weight is 557 g/mol. The van der Waals surface area contributed by atoms with Crippen LogP contribution >= 0.6 is 0 Å². The molecular weight excluding hydrogens is 524 g/mol. The molecule has 0 amide bonds. The van der Waals surface area contributed by atoms with Crippen LogP contribution in [0.2, 0.25) is 0 Å². The molecule has 5 aromatic rings. The number of rotatable bonds is 7. The quantitative estimate of drug-likeness (QED) is 0.148. The maximum Gasteiger partial charge on any atom is 0.344 e. The molecule has 7 nitrogen and oxygen atoms in total. The van der Waals surface area contributed by atoms with Crippen LogP contribution < -0.4 is 15.1 Å². The molecule has 0 aliphatic carbocycles. The molecule has 206 valence electrons. The SMILES string of the molecule is CCN(CC)c1ccc2cc(-c3cc[n+](Cc4ccccc4)cc3)c(=O)oc2c1.Cc1ccc(S(=O)(=O)[O-])cc1. The van der Waals surface area contributed by atoms with Crippen molar-refractivity contribution in [2.45, 2.75) is 32.2 Å². The first-order valence-electron chi connectivity index (χ1n) is 13.1. The van der Waals surface area contributed by atoms with Crippen molar-refractivity contribution in [1.82, 2.24) is 0 Å². The Hall–Kier alpha value is -4.27. The molecule has 0 unspecified atom stereocenters. The highest BCUT2D eigenvalue weighted by Gasteiger charge is 2.12. The number of nitrogens with zero attached hydrogens (tertiary/aromatic N) is 2. The number of anilines is 1. The number of aryl methyl sites for hydroxylation is 1. The summed E-state index contributed by atoms with van der Waals surface area (Å²) in [6, 6.07) is 28.0. The number of hydrogen-bond donors (Lipinski definition) is 0. The molecule has 2 aromatic heterocycles. The molecule has 2 heterocycles. The first-order valence-corrected chi connectivity index (χ1v) is 14.5. The van der Waals surface area contributed by atoms with E-state index in [9.17, 15) is 17.8 Å². The van der Waals surface area contributed by atoms with E-state index in [1.165, 1.54) is 17.7 Å². The Balaban J connectivity index is 0.000000283. The lowest BCUT2D eigenvalue weighted by Gasteiger charge is -2.21. The third-order valence-corrected chi connectivity index (χ3v) is 7.42. The van der Waals surface area contributed by atoms with Gasteiger partial charge >= 0.3 is 5.63 Å². The molecule has 0 saturated carbocycles. The van der Waals surface area contributed by atoms with Gasteiger partial charge in [0.2, 0.25) is 0 Å². The Bertz CT molecular complexity index is 1730. The maximum atomic E-state index is 12.6. The minimum atomic E-state index is -4.27. The molecule has 0 radical (unpaired) electrons. The van der Waals surface area contributed by atoms with Gasteiger partial charge in [-0.15, -0.1) is 0 Å². The van der Waals surface area contributed by atoms with Crippen LogP contribution in [0.25, 0.3) is 22.1 Å². The van der Waals surface area contributed by atoms with Gasteiger partial charge in [0.05, 0.1) is 10.5 Å². The number of hydrogen-bond acceptors (Lipinski definition) is 6. The maximum absolute atomic E-state index is 12.6. The second kappa shape index (κ2) is 12.7. The van der Waals surface area contributed by atoms with Crippen LogP contribution in [0, 0.1) is 6.92 Å². The van der Waals surface area contributed by atoms with Gasteiger partial charge in [-0.3, -0.25) is 0 Å². The third kappa shape index (κ3) is 7.22. The Morgan fingerprint density at radius 2 is 1.50 bits per heavy atom. The molecule has 0 saturated heterocycles. The second-order valence-corrected chi connectivity index (χ2v) is 10.7. The fourth-order valence-corrected chi connectivity index (χ4v) is 4.80. The molecule has 0 spiro atoms. The standard InChI is InChI=1S/C25H25N2O2.C7H8O3S/c1-3-27(4-2)22-11-10-21-16-23(25(28)29-24(21)17-22)20-12-14-26(15-13-20)18-19-8-6-5-7-9-19;1-6-2-4-7(5-3-6)11(8,9)10/h5-17H,3-4,18H2,1-2H3;2-5H,1H3,(H,8,9,10)/q+1;/p-1. The Kier molecular flexibility index (Phi) is 9.14. The van der Waals surface area contributed by atoms with E-state index >= 15 is 0 Å². The van der Waals surface area contributed by atoms with E-state index in [0.29, 0.717) is 11.1 Å². The minimum absolute atomic E-state index is 0.178. The van der Waals surface area contributed by atoms with E-state index in [4.69, 9.17) is 4.42 Å². The normalized spacial score (nSPS) is 11.1. The zero-order valence-corrected chi connectivity index (χ0v) is 23.6. The fourth-order valence-electron chi connectivity index (χ4n) is 4.33. The zero-order valence-electron chi connectivity index (χ0n) is 22.8. The number of fused-ring (bicyclic) bond motifs is 1. The average Bonchev–Trinajstić information content (AvgIpc) is 2.94. The Morgan fingerprint density at radius 1 is 0.850 bits per heavy atom.